The highest BCUT2D eigenvalue weighted by Gasteiger charge is 2.29. The van der Waals surface area contributed by atoms with Gasteiger partial charge >= 0.3 is 12.0 Å². The maximum atomic E-state index is 12.0. The molecule has 0 spiro atoms. The molecule has 1 aliphatic rings. The number of hydrogen-bond donors (Lipinski definition) is 2. The van der Waals surface area contributed by atoms with E-state index in [1.165, 1.54) is 0 Å². The molecule has 0 aliphatic carbocycles. The SMILES string of the molecule is CCOc1ncc(Nc2cc([C@@H](COC(C)C)CC(=O)O)ccc2N(CC)C2CCS(=O)(=O)CC2)cn1. The minimum Gasteiger partial charge on any atom is -0.481 e. The first-order valence-corrected chi connectivity index (χ1v) is 14.6. The Bertz CT molecular complexity index is 1130. The first kappa shape index (κ1) is 28.6. The number of rotatable bonds is 13. The fourth-order valence-electron chi connectivity index (χ4n) is 4.50. The van der Waals surface area contributed by atoms with Crippen LogP contribution in [0.3, 0.4) is 0 Å². The maximum Gasteiger partial charge on any atom is 0.316 e. The summed E-state index contributed by atoms with van der Waals surface area (Å²) in [4.78, 5) is 22.3. The van der Waals surface area contributed by atoms with Crippen LogP contribution >= 0.6 is 0 Å². The molecule has 0 bridgehead atoms. The van der Waals surface area contributed by atoms with Gasteiger partial charge in [0.15, 0.2) is 0 Å². The lowest BCUT2D eigenvalue weighted by Gasteiger charge is -2.36. The third kappa shape index (κ3) is 8.29. The van der Waals surface area contributed by atoms with E-state index in [0.717, 1.165) is 16.9 Å². The highest BCUT2D eigenvalue weighted by molar-refractivity contribution is 7.91. The highest BCUT2D eigenvalue weighted by Crippen LogP contribution is 2.36. The molecular weight excluding hydrogens is 496 g/mol. The van der Waals surface area contributed by atoms with Crippen molar-refractivity contribution in [3.63, 3.8) is 0 Å². The predicted octanol–water partition coefficient (Wildman–Crippen LogP) is 4.01. The number of hydrogen-bond acceptors (Lipinski definition) is 9. The molecule has 1 fully saturated rings. The largest absolute Gasteiger partial charge is 0.481 e. The fourth-order valence-corrected chi connectivity index (χ4v) is 5.97. The van der Waals surface area contributed by atoms with Crippen LogP contribution in [0.1, 0.15) is 58.4 Å². The Balaban J connectivity index is 1.98. The van der Waals surface area contributed by atoms with Gasteiger partial charge in [-0.25, -0.2) is 18.4 Å². The number of aromatic nitrogens is 2. The summed E-state index contributed by atoms with van der Waals surface area (Å²) in [6, 6.07) is 6.23. The van der Waals surface area contributed by atoms with Gasteiger partial charge in [0.1, 0.15) is 9.84 Å². The molecule has 1 saturated heterocycles. The molecule has 0 saturated carbocycles. The second kappa shape index (κ2) is 13.0. The smallest absolute Gasteiger partial charge is 0.316 e. The van der Waals surface area contributed by atoms with Crippen molar-refractivity contribution in [3.8, 4) is 6.01 Å². The van der Waals surface area contributed by atoms with E-state index in [9.17, 15) is 18.3 Å². The molecular formula is C26H38N4O6S. The zero-order chi connectivity index (χ0) is 27.0. The zero-order valence-electron chi connectivity index (χ0n) is 22.0. The van der Waals surface area contributed by atoms with Gasteiger partial charge in [0.25, 0.3) is 0 Å². The summed E-state index contributed by atoms with van der Waals surface area (Å²) < 4.78 is 35.2. The van der Waals surface area contributed by atoms with Crippen LogP contribution < -0.4 is 15.0 Å². The van der Waals surface area contributed by atoms with Crippen LogP contribution in [0.25, 0.3) is 0 Å². The lowest BCUT2D eigenvalue weighted by atomic mass is 9.95. The van der Waals surface area contributed by atoms with Crippen LogP contribution in [0.4, 0.5) is 17.1 Å². The normalized spacial score (nSPS) is 16.4. The molecule has 1 aromatic carbocycles. The number of nitrogens with one attached hydrogen (secondary N) is 1. The van der Waals surface area contributed by atoms with Crippen LogP contribution in [0.15, 0.2) is 30.6 Å². The first-order valence-electron chi connectivity index (χ1n) is 12.8. The van der Waals surface area contributed by atoms with Gasteiger partial charge in [-0.2, -0.15) is 0 Å². The average Bonchev–Trinajstić information content (AvgIpc) is 2.85. The first-order chi connectivity index (χ1) is 17.6. The lowest BCUT2D eigenvalue weighted by Crippen LogP contribution is -2.41. The standard InChI is InChI=1S/C26H38N4O6S/c1-5-30(22-9-11-37(33,34)12-10-22)24-8-7-19(20(14-25(31)32)17-36-18(3)4)13-23(24)29-21-15-27-26(28-16-21)35-6-2/h7-8,13,15-16,18,20,22,29H,5-6,9-12,14,17H2,1-4H3,(H,31,32)/t20-/m1/s1. The van der Waals surface area contributed by atoms with Gasteiger partial charge in [-0.15, -0.1) is 0 Å². The van der Waals surface area contributed by atoms with E-state index in [2.05, 4.69) is 20.2 Å². The Kier molecular flexibility index (Phi) is 10.1. The van der Waals surface area contributed by atoms with Crippen molar-refractivity contribution in [2.45, 2.75) is 65.0 Å². The molecule has 11 heteroatoms. The van der Waals surface area contributed by atoms with Crippen LogP contribution in [-0.4, -0.2) is 72.9 Å². The van der Waals surface area contributed by atoms with Gasteiger partial charge in [-0.05, 0) is 58.2 Å². The summed E-state index contributed by atoms with van der Waals surface area (Å²) >= 11 is 0. The fraction of sp³-hybridized carbons (Fsp3) is 0.577. The Labute approximate surface area is 219 Å². The number of carboxylic acids is 1. The Morgan fingerprint density at radius 3 is 2.43 bits per heavy atom. The molecule has 1 aromatic heterocycles. The number of benzene rings is 1. The van der Waals surface area contributed by atoms with Gasteiger partial charge in [0.2, 0.25) is 0 Å². The molecule has 1 atom stereocenters. The minimum absolute atomic E-state index is 0.0210. The van der Waals surface area contributed by atoms with Crippen LogP contribution in [-0.2, 0) is 19.4 Å². The van der Waals surface area contributed by atoms with Crippen molar-refractivity contribution in [1.82, 2.24) is 9.97 Å². The molecule has 0 amide bonds. The summed E-state index contributed by atoms with van der Waals surface area (Å²) in [6.07, 6.45) is 4.31. The van der Waals surface area contributed by atoms with E-state index >= 15 is 0 Å². The van der Waals surface area contributed by atoms with Gasteiger partial charge in [-0.1, -0.05) is 6.07 Å². The number of ether oxygens (including phenoxy) is 2. The Morgan fingerprint density at radius 2 is 1.86 bits per heavy atom. The molecule has 2 aromatic rings. The maximum absolute atomic E-state index is 12.0. The van der Waals surface area contributed by atoms with E-state index < -0.39 is 15.8 Å². The third-order valence-corrected chi connectivity index (χ3v) is 8.05. The van der Waals surface area contributed by atoms with Crippen molar-refractivity contribution < 1.29 is 27.8 Å². The lowest BCUT2D eigenvalue weighted by molar-refractivity contribution is -0.138. The molecule has 204 valence electrons. The van der Waals surface area contributed by atoms with Crippen molar-refractivity contribution in [2.75, 3.05) is 41.5 Å². The Morgan fingerprint density at radius 1 is 1.19 bits per heavy atom. The van der Waals surface area contributed by atoms with Gasteiger partial charge < -0.3 is 24.8 Å². The molecule has 0 radical (unpaired) electrons. The van der Waals surface area contributed by atoms with Crippen LogP contribution in [0.2, 0.25) is 0 Å². The van der Waals surface area contributed by atoms with Crippen LogP contribution in [0, 0.1) is 0 Å². The second-order valence-electron chi connectivity index (χ2n) is 9.43. The van der Waals surface area contributed by atoms with Crippen molar-refractivity contribution in [1.29, 1.82) is 0 Å². The average molecular weight is 535 g/mol. The highest BCUT2D eigenvalue weighted by atomic mass is 32.2. The van der Waals surface area contributed by atoms with Crippen LogP contribution in [0.5, 0.6) is 6.01 Å². The molecule has 1 aliphatic heterocycles. The molecule has 2 heterocycles. The topological polar surface area (TPSA) is 131 Å². The van der Waals surface area contributed by atoms with E-state index in [1.807, 2.05) is 45.9 Å². The third-order valence-electron chi connectivity index (χ3n) is 6.34. The summed E-state index contributed by atoms with van der Waals surface area (Å²) in [5.74, 6) is -0.875. The Hall–Kier alpha value is -2.92. The molecule has 3 rings (SSSR count). The quantitative estimate of drug-likeness (QED) is 0.389. The number of nitrogens with zero attached hydrogens (tertiary/aromatic N) is 3. The minimum atomic E-state index is -2.99. The van der Waals surface area contributed by atoms with E-state index in [4.69, 9.17) is 9.47 Å². The molecule has 0 unspecified atom stereocenters. The number of aliphatic carboxylic acids is 1. The van der Waals surface area contributed by atoms with Gasteiger partial charge in [-0.3, -0.25) is 4.79 Å². The summed E-state index contributed by atoms with van der Waals surface area (Å²) in [5, 5.41) is 12.9. The summed E-state index contributed by atoms with van der Waals surface area (Å²) in [7, 11) is -2.99. The number of sulfone groups is 1. The summed E-state index contributed by atoms with van der Waals surface area (Å²) in [6.45, 7) is 9.18. The predicted molar refractivity (Wildman–Crippen MR) is 144 cm³/mol. The summed E-state index contributed by atoms with van der Waals surface area (Å²) in [5.41, 5.74) is 3.16. The van der Waals surface area contributed by atoms with Crippen molar-refractivity contribution >= 4 is 32.9 Å². The van der Waals surface area contributed by atoms with E-state index in [0.29, 0.717) is 31.7 Å². The number of carbonyl (C=O) groups is 1. The van der Waals surface area contributed by atoms with Crippen molar-refractivity contribution in [2.24, 2.45) is 0 Å². The number of anilines is 3. The molecule has 2 N–H and O–H groups in total. The van der Waals surface area contributed by atoms with E-state index in [1.54, 1.807) is 12.4 Å². The zero-order valence-corrected chi connectivity index (χ0v) is 22.8. The second-order valence-corrected chi connectivity index (χ2v) is 11.7. The monoisotopic (exact) mass is 534 g/mol. The van der Waals surface area contributed by atoms with E-state index in [-0.39, 0.29) is 48.6 Å². The van der Waals surface area contributed by atoms with Crippen molar-refractivity contribution in [3.05, 3.63) is 36.2 Å². The van der Waals surface area contributed by atoms with Gasteiger partial charge in [0.05, 0.1) is 66.7 Å². The van der Waals surface area contributed by atoms with Gasteiger partial charge in [0, 0.05) is 18.5 Å². The molecule has 37 heavy (non-hydrogen) atoms. The number of carboxylic acid groups (broad SMARTS) is 1. The molecule has 10 nitrogen and oxygen atoms in total.